The lowest BCUT2D eigenvalue weighted by atomic mass is 9.92. The van der Waals surface area contributed by atoms with Crippen LogP contribution in [0.25, 0.3) is 11.0 Å². The number of fused-ring (bicyclic) bond motifs is 1. The number of carbonyl (C=O) groups is 1. The number of nitrogens with zero attached hydrogens (tertiary/aromatic N) is 2. The number of hydrogen-bond acceptors (Lipinski definition) is 4. The van der Waals surface area contributed by atoms with Crippen molar-refractivity contribution in [3.8, 4) is 0 Å². The van der Waals surface area contributed by atoms with Gasteiger partial charge in [-0.2, -0.15) is 0 Å². The lowest BCUT2D eigenvalue weighted by Crippen LogP contribution is -2.61. The summed E-state index contributed by atoms with van der Waals surface area (Å²) in [6.45, 7) is 1.50. The zero-order chi connectivity index (χ0) is 23.3. The van der Waals surface area contributed by atoms with Crippen LogP contribution in [0.5, 0.6) is 0 Å². The summed E-state index contributed by atoms with van der Waals surface area (Å²) in [5.41, 5.74) is -0.0662. The minimum absolute atomic E-state index is 0.0943. The van der Waals surface area contributed by atoms with Gasteiger partial charge in [-0.05, 0) is 48.9 Å². The Labute approximate surface area is 186 Å². The van der Waals surface area contributed by atoms with Crippen LogP contribution in [0.3, 0.4) is 0 Å². The molecule has 9 heteroatoms. The second-order valence-electron chi connectivity index (χ2n) is 8.19. The Kier molecular flexibility index (Phi) is 4.86. The van der Waals surface area contributed by atoms with E-state index in [0.29, 0.717) is 16.9 Å². The number of halogens is 3. The summed E-state index contributed by atoms with van der Waals surface area (Å²) < 4.78 is 42.9. The Bertz CT molecular complexity index is 1360. The van der Waals surface area contributed by atoms with E-state index < -0.39 is 34.6 Å². The third kappa shape index (κ3) is 3.60. The Morgan fingerprint density at radius 2 is 1.85 bits per heavy atom. The summed E-state index contributed by atoms with van der Waals surface area (Å²) in [6.07, 6.45) is 0. The Morgan fingerprint density at radius 3 is 2.58 bits per heavy atom. The Morgan fingerprint density at radius 1 is 1.09 bits per heavy atom. The number of β-amino-alcohol motifs (C(OH)–C–C–N with tert-alkyl or cyclic N) is 1. The molecule has 0 aliphatic carbocycles. The Balaban J connectivity index is 1.41. The van der Waals surface area contributed by atoms with E-state index in [9.17, 15) is 23.1 Å². The number of hydrogen-bond donors (Lipinski definition) is 3. The number of likely N-dealkylation sites (tertiary alicyclic amines) is 1. The van der Waals surface area contributed by atoms with Gasteiger partial charge in [0, 0.05) is 0 Å². The average Bonchev–Trinajstić information content (AvgIpc) is 3.21. The molecular weight excluding hydrogens is 433 g/mol. The zero-order valence-electron chi connectivity index (χ0n) is 17.5. The van der Waals surface area contributed by atoms with Crippen LogP contribution in [-0.2, 0) is 5.60 Å². The number of H-pyrrole nitrogens is 1. The number of para-hydroxylation sites is 2. The van der Waals surface area contributed by atoms with E-state index in [1.54, 1.807) is 19.1 Å². The molecule has 3 N–H and O–H groups in total. The van der Waals surface area contributed by atoms with Crippen molar-refractivity contribution in [2.24, 2.45) is 0 Å². The van der Waals surface area contributed by atoms with Gasteiger partial charge in [-0.25, -0.2) is 18.2 Å². The van der Waals surface area contributed by atoms with Gasteiger partial charge in [0.05, 0.1) is 41.1 Å². The molecule has 1 aromatic heterocycles. The van der Waals surface area contributed by atoms with Gasteiger partial charge < -0.3 is 20.3 Å². The molecular formula is C24H19F3N4O2. The maximum Gasteiger partial charge on any atom is 0.256 e. The van der Waals surface area contributed by atoms with Gasteiger partial charge >= 0.3 is 0 Å². The highest BCUT2D eigenvalue weighted by atomic mass is 19.2. The maximum absolute atomic E-state index is 14.6. The first-order chi connectivity index (χ1) is 15.7. The summed E-state index contributed by atoms with van der Waals surface area (Å²) >= 11 is 0. The molecule has 1 aliphatic heterocycles. The van der Waals surface area contributed by atoms with Gasteiger partial charge in [-0.3, -0.25) is 4.79 Å². The van der Waals surface area contributed by atoms with E-state index in [-0.39, 0.29) is 24.3 Å². The number of anilines is 2. The molecule has 0 unspecified atom stereocenters. The fourth-order valence-corrected chi connectivity index (χ4v) is 3.93. The van der Waals surface area contributed by atoms with E-state index in [1.165, 1.54) is 17.0 Å². The minimum Gasteiger partial charge on any atom is -0.378 e. The van der Waals surface area contributed by atoms with Crippen molar-refractivity contribution in [1.82, 2.24) is 14.9 Å². The predicted octanol–water partition coefficient (Wildman–Crippen LogP) is 4.38. The fraction of sp³-hybridized carbons (Fsp3) is 0.167. The van der Waals surface area contributed by atoms with E-state index in [2.05, 4.69) is 15.3 Å². The molecule has 1 amide bonds. The van der Waals surface area contributed by atoms with E-state index in [4.69, 9.17) is 0 Å². The van der Waals surface area contributed by atoms with Gasteiger partial charge in [-0.15, -0.1) is 0 Å². The van der Waals surface area contributed by atoms with Crippen molar-refractivity contribution in [3.05, 3.63) is 89.0 Å². The van der Waals surface area contributed by atoms with Crippen molar-refractivity contribution < 1.29 is 23.1 Å². The standard InChI is InChI=1S/C24H19F3N4O2/c1-13-6-9-17(16(26)10-13)28-21-14(7-8-15(25)20(21)27)22(32)31-11-24(33,12-31)23-29-18-4-2-3-5-19(18)30-23/h2-10,28,33H,11-12H2,1H3,(H,29,30). The molecule has 0 atom stereocenters. The van der Waals surface area contributed by atoms with Gasteiger partial charge in [0.1, 0.15) is 11.6 Å². The topological polar surface area (TPSA) is 81.2 Å². The molecule has 1 fully saturated rings. The normalized spacial score (nSPS) is 14.9. The third-order valence-electron chi connectivity index (χ3n) is 5.73. The van der Waals surface area contributed by atoms with E-state index in [0.717, 1.165) is 17.6 Å². The first kappa shape index (κ1) is 21.0. The van der Waals surface area contributed by atoms with E-state index >= 15 is 0 Å². The van der Waals surface area contributed by atoms with Crippen molar-refractivity contribution in [2.75, 3.05) is 18.4 Å². The molecule has 6 nitrogen and oxygen atoms in total. The quantitative estimate of drug-likeness (QED) is 0.429. The molecule has 0 saturated carbocycles. The largest absolute Gasteiger partial charge is 0.378 e. The first-order valence-electron chi connectivity index (χ1n) is 10.2. The molecule has 1 aliphatic rings. The molecule has 3 aromatic carbocycles. The van der Waals surface area contributed by atoms with Crippen LogP contribution in [0.4, 0.5) is 24.5 Å². The van der Waals surface area contributed by atoms with Crippen LogP contribution in [-0.4, -0.2) is 39.0 Å². The van der Waals surface area contributed by atoms with Gasteiger partial charge in [0.2, 0.25) is 0 Å². The number of aliphatic hydroxyl groups is 1. The number of rotatable bonds is 4. The monoisotopic (exact) mass is 452 g/mol. The molecule has 168 valence electrons. The van der Waals surface area contributed by atoms with Crippen LogP contribution < -0.4 is 5.32 Å². The SMILES string of the molecule is Cc1ccc(Nc2c(C(=O)N3CC(O)(c4nc5ccccc5[nH]4)C3)ccc(F)c2F)c(F)c1. The number of nitrogens with one attached hydrogen (secondary N) is 2. The highest BCUT2D eigenvalue weighted by molar-refractivity contribution is 6.01. The second kappa shape index (κ2) is 7.63. The molecule has 0 spiro atoms. The highest BCUT2D eigenvalue weighted by Crippen LogP contribution is 2.35. The van der Waals surface area contributed by atoms with Crippen LogP contribution in [0.1, 0.15) is 21.7 Å². The molecule has 1 saturated heterocycles. The molecule has 5 rings (SSSR count). The highest BCUT2D eigenvalue weighted by Gasteiger charge is 2.48. The van der Waals surface area contributed by atoms with Crippen LogP contribution in [0.2, 0.25) is 0 Å². The lowest BCUT2D eigenvalue weighted by molar-refractivity contribution is -0.0915. The van der Waals surface area contributed by atoms with Crippen molar-refractivity contribution in [1.29, 1.82) is 0 Å². The summed E-state index contributed by atoms with van der Waals surface area (Å²) in [5, 5.41) is 13.4. The summed E-state index contributed by atoms with van der Waals surface area (Å²) in [5.74, 6) is -3.46. The van der Waals surface area contributed by atoms with Crippen LogP contribution in [0.15, 0.2) is 54.6 Å². The smallest absolute Gasteiger partial charge is 0.256 e. The lowest BCUT2D eigenvalue weighted by Gasteiger charge is -2.45. The third-order valence-corrected chi connectivity index (χ3v) is 5.73. The number of benzene rings is 3. The van der Waals surface area contributed by atoms with Gasteiger partial charge in [0.25, 0.3) is 5.91 Å². The summed E-state index contributed by atoms with van der Waals surface area (Å²) in [4.78, 5) is 21.8. The molecule has 0 bridgehead atoms. The van der Waals surface area contributed by atoms with Gasteiger partial charge in [0.15, 0.2) is 17.2 Å². The molecule has 2 heterocycles. The second-order valence-corrected chi connectivity index (χ2v) is 8.19. The average molecular weight is 452 g/mol. The summed E-state index contributed by atoms with van der Waals surface area (Å²) in [7, 11) is 0. The Hall–Kier alpha value is -3.85. The maximum atomic E-state index is 14.6. The number of aromatic nitrogens is 2. The van der Waals surface area contributed by atoms with Crippen LogP contribution >= 0.6 is 0 Å². The zero-order valence-corrected chi connectivity index (χ0v) is 17.5. The van der Waals surface area contributed by atoms with Crippen LogP contribution in [0, 0.1) is 24.4 Å². The van der Waals surface area contributed by atoms with Crippen molar-refractivity contribution in [2.45, 2.75) is 12.5 Å². The summed E-state index contributed by atoms with van der Waals surface area (Å²) in [6, 6.07) is 13.5. The predicted molar refractivity (Wildman–Crippen MR) is 117 cm³/mol. The molecule has 0 radical (unpaired) electrons. The first-order valence-corrected chi connectivity index (χ1v) is 10.2. The minimum atomic E-state index is -1.40. The van der Waals surface area contributed by atoms with Crippen molar-refractivity contribution >= 4 is 28.3 Å². The van der Waals surface area contributed by atoms with E-state index in [1.807, 2.05) is 18.2 Å². The number of aromatic amines is 1. The fourth-order valence-electron chi connectivity index (χ4n) is 3.93. The molecule has 33 heavy (non-hydrogen) atoms. The number of imidazole rings is 1. The molecule has 4 aromatic rings. The van der Waals surface area contributed by atoms with Crippen molar-refractivity contribution in [3.63, 3.8) is 0 Å². The number of carbonyl (C=O) groups excluding carboxylic acids is 1. The number of aryl methyl sites for hydroxylation is 1. The number of amides is 1. The van der Waals surface area contributed by atoms with Gasteiger partial charge in [-0.1, -0.05) is 18.2 Å².